The molecule has 0 spiro atoms. The molecule has 1 aromatic heterocycles. The van der Waals surface area contributed by atoms with E-state index in [0.717, 1.165) is 5.69 Å². The number of nitrogens with one attached hydrogen (secondary N) is 1. The number of rotatable bonds is 9. The van der Waals surface area contributed by atoms with Crippen molar-refractivity contribution in [2.45, 2.75) is 32.3 Å². The van der Waals surface area contributed by atoms with Crippen LogP contribution in [0, 0.1) is 5.82 Å². The first-order chi connectivity index (χ1) is 13.7. The highest BCUT2D eigenvalue weighted by Crippen LogP contribution is 2.11. The largest absolute Gasteiger partial charge is 0.449 e. The van der Waals surface area contributed by atoms with Gasteiger partial charge in [0.05, 0.1) is 5.69 Å². The zero-order chi connectivity index (χ0) is 19.8. The third-order valence-corrected chi connectivity index (χ3v) is 4.28. The van der Waals surface area contributed by atoms with Crippen molar-refractivity contribution in [3.8, 4) is 11.7 Å². The summed E-state index contributed by atoms with van der Waals surface area (Å²) in [5.41, 5.74) is 1.51. The Hall–Kier alpha value is -3.22. The van der Waals surface area contributed by atoms with E-state index in [0.29, 0.717) is 31.4 Å². The van der Waals surface area contributed by atoms with Gasteiger partial charge in [-0.25, -0.2) is 9.07 Å². The molecule has 1 unspecified atom stereocenters. The van der Waals surface area contributed by atoms with E-state index in [1.54, 1.807) is 29.2 Å². The van der Waals surface area contributed by atoms with Crippen molar-refractivity contribution in [2.75, 3.05) is 6.54 Å². The van der Waals surface area contributed by atoms with Crippen LogP contribution < -0.4 is 10.1 Å². The lowest BCUT2D eigenvalue weighted by Crippen LogP contribution is -2.38. The Morgan fingerprint density at radius 1 is 1.18 bits per heavy atom. The quantitative estimate of drug-likeness (QED) is 0.577. The highest BCUT2D eigenvalue weighted by atomic mass is 19.1. The predicted molar refractivity (Wildman–Crippen MR) is 104 cm³/mol. The molecule has 0 radical (unpaired) electrons. The summed E-state index contributed by atoms with van der Waals surface area (Å²) in [4.78, 5) is 16.5. The average Bonchev–Trinajstić information content (AvgIpc) is 3.20. The zero-order valence-electron chi connectivity index (χ0n) is 15.7. The number of carbonyl (C=O) groups excluding carboxylic acids is 1. The number of hydrogen-bond donors (Lipinski definition) is 1. The van der Waals surface area contributed by atoms with Gasteiger partial charge in [0.15, 0.2) is 6.10 Å². The number of benzene rings is 2. The van der Waals surface area contributed by atoms with Gasteiger partial charge in [0.2, 0.25) is 0 Å². The molecular weight excluding hydrogens is 359 g/mol. The fourth-order valence-electron chi connectivity index (χ4n) is 2.76. The molecule has 1 amide bonds. The van der Waals surface area contributed by atoms with Crippen LogP contribution in [0.15, 0.2) is 60.9 Å². The molecule has 7 heteroatoms. The van der Waals surface area contributed by atoms with Gasteiger partial charge in [0, 0.05) is 6.54 Å². The molecule has 28 heavy (non-hydrogen) atoms. The van der Waals surface area contributed by atoms with Gasteiger partial charge in [-0.1, -0.05) is 43.3 Å². The van der Waals surface area contributed by atoms with Crippen LogP contribution in [0.4, 0.5) is 4.39 Å². The molecule has 1 N–H and O–H groups in total. The van der Waals surface area contributed by atoms with Crippen LogP contribution >= 0.6 is 0 Å². The van der Waals surface area contributed by atoms with Crippen LogP contribution in [0.2, 0.25) is 0 Å². The second-order valence-corrected chi connectivity index (χ2v) is 6.31. The molecule has 0 aliphatic heterocycles. The van der Waals surface area contributed by atoms with Gasteiger partial charge in [-0.3, -0.25) is 4.79 Å². The number of hydrogen-bond acceptors (Lipinski definition) is 4. The van der Waals surface area contributed by atoms with E-state index >= 15 is 0 Å². The van der Waals surface area contributed by atoms with Crippen LogP contribution in [-0.4, -0.2) is 33.3 Å². The summed E-state index contributed by atoms with van der Waals surface area (Å²) in [6.07, 6.45) is 2.56. The zero-order valence-corrected chi connectivity index (χ0v) is 15.7. The highest BCUT2D eigenvalue weighted by molar-refractivity contribution is 5.80. The summed E-state index contributed by atoms with van der Waals surface area (Å²) in [5, 5.41) is 7.09. The number of amides is 1. The number of ether oxygens (including phenoxy) is 1. The van der Waals surface area contributed by atoms with Crippen molar-refractivity contribution in [3.05, 3.63) is 72.3 Å². The van der Waals surface area contributed by atoms with Crippen LogP contribution in [0.5, 0.6) is 6.01 Å². The maximum absolute atomic E-state index is 13.6. The summed E-state index contributed by atoms with van der Waals surface area (Å²) in [6.45, 7) is 2.30. The third-order valence-electron chi connectivity index (χ3n) is 4.28. The van der Waals surface area contributed by atoms with Gasteiger partial charge in [-0.2, -0.15) is 4.98 Å². The lowest BCUT2D eigenvalue weighted by Gasteiger charge is -2.14. The molecule has 3 rings (SSSR count). The number of nitrogens with zero attached hydrogens (tertiary/aromatic N) is 3. The van der Waals surface area contributed by atoms with Crippen molar-refractivity contribution in [1.82, 2.24) is 20.1 Å². The summed E-state index contributed by atoms with van der Waals surface area (Å²) in [7, 11) is 0. The van der Waals surface area contributed by atoms with Crippen molar-refractivity contribution in [1.29, 1.82) is 0 Å². The molecule has 3 aromatic rings. The Morgan fingerprint density at radius 3 is 2.68 bits per heavy atom. The SMILES string of the molecule is CCC(Oc1ncn(-c2ccccc2)n1)C(=O)NCCCc1ccccc1F. The number of halogens is 1. The number of aromatic nitrogens is 3. The molecule has 0 fully saturated rings. The summed E-state index contributed by atoms with van der Waals surface area (Å²) < 4.78 is 20.8. The topological polar surface area (TPSA) is 69.0 Å². The Balaban J connectivity index is 1.48. The van der Waals surface area contributed by atoms with E-state index in [1.165, 1.54) is 6.07 Å². The summed E-state index contributed by atoms with van der Waals surface area (Å²) in [5.74, 6) is -0.448. The average molecular weight is 382 g/mol. The monoisotopic (exact) mass is 382 g/mol. The maximum atomic E-state index is 13.6. The predicted octanol–water partition coefficient (Wildman–Crippen LogP) is 3.31. The van der Waals surface area contributed by atoms with Gasteiger partial charge >= 0.3 is 6.01 Å². The Morgan fingerprint density at radius 2 is 1.93 bits per heavy atom. The molecule has 0 aliphatic carbocycles. The fourth-order valence-corrected chi connectivity index (χ4v) is 2.76. The van der Waals surface area contributed by atoms with Crippen molar-refractivity contribution in [3.63, 3.8) is 0 Å². The minimum atomic E-state index is -0.680. The Bertz CT molecular complexity index is 898. The van der Waals surface area contributed by atoms with Gasteiger partial charge < -0.3 is 10.1 Å². The molecule has 2 aromatic carbocycles. The number of carbonyl (C=O) groups is 1. The third kappa shape index (κ3) is 5.16. The molecule has 146 valence electrons. The smallest absolute Gasteiger partial charge is 0.336 e. The second-order valence-electron chi connectivity index (χ2n) is 6.31. The molecule has 6 nitrogen and oxygen atoms in total. The van der Waals surface area contributed by atoms with E-state index in [4.69, 9.17) is 4.74 Å². The standard InChI is InChI=1S/C21H23FN4O2/c1-2-19(20(27)23-14-8-10-16-9-6-7-13-18(16)22)28-21-24-15-26(25-21)17-11-4-3-5-12-17/h3-7,9,11-13,15,19H,2,8,10,14H2,1H3,(H,23,27). The normalized spacial score (nSPS) is 11.8. The van der Waals surface area contributed by atoms with Crippen molar-refractivity contribution in [2.24, 2.45) is 0 Å². The molecule has 1 atom stereocenters. The van der Waals surface area contributed by atoms with Gasteiger partial charge in [0.1, 0.15) is 12.1 Å². The van der Waals surface area contributed by atoms with E-state index < -0.39 is 6.10 Å². The van der Waals surface area contributed by atoms with E-state index in [2.05, 4.69) is 15.4 Å². The van der Waals surface area contributed by atoms with Crippen molar-refractivity contribution >= 4 is 5.91 Å². The number of para-hydroxylation sites is 1. The van der Waals surface area contributed by atoms with Gasteiger partial charge in [0.25, 0.3) is 5.91 Å². The minimum absolute atomic E-state index is 0.150. The van der Waals surface area contributed by atoms with Gasteiger partial charge in [-0.15, -0.1) is 5.10 Å². The van der Waals surface area contributed by atoms with Crippen LogP contribution in [0.25, 0.3) is 5.69 Å². The molecule has 0 saturated heterocycles. The highest BCUT2D eigenvalue weighted by Gasteiger charge is 2.20. The first-order valence-corrected chi connectivity index (χ1v) is 9.32. The summed E-state index contributed by atoms with van der Waals surface area (Å²) in [6, 6.07) is 16.3. The van der Waals surface area contributed by atoms with E-state index in [9.17, 15) is 9.18 Å². The first-order valence-electron chi connectivity index (χ1n) is 9.32. The van der Waals surface area contributed by atoms with Crippen molar-refractivity contribution < 1.29 is 13.9 Å². The van der Waals surface area contributed by atoms with E-state index in [-0.39, 0.29) is 17.7 Å². The lowest BCUT2D eigenvalue weighted by atomic mass is 10.1. The maximum Gasteiger partial charge on any atom is 0.336 e. The van der Waals surface area contributed by atoms with Gasteiger partial charge in [-0.05, 0) is 43.0 Å². The molecule has 0 bridgehead atoms. The summed E-state index contributed by atoms with van der Waals surface area (Å²) >= 11 is 0. The Kier molecular flexibility index (Phi) is 6.73. The molecular formula is C21H23FN4O2. The van der Waals surface area contributed by atoms with Crippen LogP contribution in [0.3, 0.4) is 0 Å². The lowest BCUT2D eigenvalue weighted by molar-refractivity contribution is -0.128. The number of aryl methyl sites for hydroxylation is 1. The molecule has 0 saturated carbocycles. The Labute approximate surface area is 163 Å². The first kappa shape index (κ1) is 19.5. The van der Waals surface area contributed by atoms with E-state index in [1.807, 2.05) is 37.3 Å². The van der Waals surface area contributed by atoms with Crippen LogP contribution in [-0.2, 0) is 11.2 Å². The second kappa shape index (κ2) is 9.64. The van der Waals surface area contributed by atoms with Crippen LogP contribution in [0.1, 0.15) is 25.3 Å². The molecule has 1 heterocycles. The molecule has 0 aliphatic rings. The fraction of sp³-hybridized carbons (Fsp3) is 0.286. The minimum Gasteiger partial charge on any atom is -0.449 e.